The molecule has 0 saturated heterocycles. The van der Waals surface area contributed by atoms with Gasteiger partial charge in [-0.3, -0.25) is 0 Å². The van der Waals surface area contributed by atoms with Crippen LogP contribution in [0.4, 0.5) is 0 Å². The molecule has 0 amide bonds. The van der Waals surface area contributed by atoms with Crippen molar-refractivity contribution in [2.24, 2.45) is 0 Å². The van der Waals surface area contributed by atoms with Gasteiger partial charge >= 0.3 is 0 Å². The molecule has 0 aliphatic heterocycles. The average Bonchev–Trinajstić information content (AvgIpc) is 2.43. The van der Waals surface area contributed by atoms with E-state index in [-0.39, 0.29) is 0 Å². The van der Waals surface area contributed by atoms with Crippen molar-refractivity contribution in [3.05, 3.63) is 59.1 Å². The minimum Gasteiger partial charge on any atom is -0.456 e. The predicted molar refractivity (Wildman–Crippen MR) is 80.1 cm³/mol. The number of hydrogen-bond acceptors (Lipinski definition) is 2. The molecule has 0 bridgehead atoms. The zero-order chi connectivity index (χ0) is 13.7. The molecule has 2 nitrogen and oxygen atoms in total. The molecule has 3 heteroatoms. The van der Waals surface area contributed by atoms with Gasteiger partial charge in [-0.2, -0.15) is 0 Å². The molecule has 19 heavy (non-hydrogen) atoms. The summed E-state index contributed by atoms with van der Waals surface area (Å²) in [4.78, 5) is 0. The van der Waals surface area contributed by atoms with Crippen molar-refractivity contribution in [2.75, 3.05) is 7.05 Å². The van der Waals surface area contributed by atoms with Crippen molar-refractivity contribution in [2.45, 2.75) is 19.4 Å². The van der Waals surface area contributed by atoms with Crippen LogP contribution in [0.2, 0.25) is 5.02 Å². The Balaban J connectivity index is 2.22. The summed E-state index contributed by atoms with van der Waals surface area (Å²) >= 11 is 6.09. The zero-order valence-electron chi connectivity index (χ0n) is 11.2. The first kappa shape index (κ1) is 13.9. The number of hydrogen-bond donors (Lipinski definition) is 1. The largest absolute Gasteiger partial charge is 0.456 e. The van der Waals surface area contributed by atoms with E-state index in [0.29, 0.717) is 16.8 Å². The Kier molecular flexibility index (Phi) is 4.83. The molecule has 1 N–H and O–H groups in total. The standard InChI is InChI=1S/C16H18ClNO/c1-3-15(18-2)12-7-6-8-13(11-12)19-16-10-5-4-9-14(16)17/h4-11,15,18H,3H2,1-2H3. The van der Waals surface area contributed by atoms with Gasteiger partial charge in [0.15, 0.2) is 0 Å². The Morgan fingerprint density at radius 2 is 1.95 bits per heavy atom. The first-order chi connectivity index (χ1) is 9.24. The summed E-state index contributed by atoms with van der Waals surface area (Å²) in [5.41, 5.74) is 1.22. The van der Waals surface area contributed by atoms with E-state index in [1.54, 1.807) is 0 Å². The van der Waals surface area contributed by atoms with Crippen LogP contribution in [-0.4, -0.2) is 7.05 Å². The second-order valence-electron chi connectivity index (χ2n) is 4.35. The summed E-state index contributed by atoms with van der Waals surface area (Å²) in [7, 11) is 1.97. The summed E-state index contributed by atoms with van der Waals surface area (Å²) in [5.74, 6) is 1.48. The molecule has 0 saturated carbocycles. The number of halogens is 1. The molecule has 1 atom stereocenters. The van der Waals surface area contributed by atoms with Gasteiger partial charge in [-0.05, 0) is 43.3 Å². The van der Waals surface area contributed by atoms with Crippen LogP contribution in [0.3, 0.4) is 0 Å². The topological polar surface area (TPSA) is 21.3 Å². The third kappa shape index (κ3) is 3.49. The highest BCUT2D eigenvalue weighted by molar-refractivity contribution is 6.32. The maximum atomic E-state index is 6.09. The van der Waals surface area contributed by atoms with Crippen LogP contribution in [0.5, 0.6) is 11.5 Å². The zero-order valence-corrected chi connectivity index (χ0v) is 11.9. The van der Waals surface area contributed by atoms with E-state index in [9.17, 15) is 0 Å². The molecule has 1 unspecified atom stereocenters. The number of nitrogens with one attached hydrogen (secondary N) is 1. The van der Waals surface area contributed by atoms with E-state index in [2.05, 4.69) is 18.3 Å². The molecular weight excluding hydrogens is 258 g/mol. The van der Waals surface area contributed by atoms with Gasteiger partial charge < -0.3 is 10.1 Å². The van der Waals surface area contributed by atoms with E-state index in [4.69, 9.17) is 16.3 Å². The Bertz CT molecular complexity index is 538. The van der Waals surface area contributed by atoms with Crippen LogP contribution in [0.25, 0.3) is 0 Å². The molecule has 0 radical (unpaired) electrons. The Labute approximate surface area is 119 Å². The van der Waals surface area contributed by atoms with Gasteiger partial charge in [0.25, 0.3) is 0 Å². The Morgan fingerprint density at radius 1 is 1.16 bits per heavy atom. The van der Waals surface area contributed by atoms with Crippen LogP contribution in [0, 0.1) is 0 Å². The summed E-state index contributed by atoms with van der Waals surface area (Å²) in [6.45, 7) is 2.16. The summed E-state index contributed by atoms with van der Waals surface area (Å²) < 4.78 is 5.83. The Morgan fingerprint density at radius 3 is 2.63 bits per heavy atom. The molecule has 0 aromatic heterocycles. The molecule has 2 rings (SSSR count). The lowest BCUT2D eigenvalue weighted by Gasteiger charge is -2.15. The first-order valence-electron chi connectivity index (χ1n) is 6.44. The summed E-state index contributed by atoms with van der Waals surface area (Å²) in [6, 6.07) is 15.9. The van der Waals surface area contributed by atoms with Gasteiger partial charge in [0.05, 0.1) is 5.02 Å². The van der Waals surface area contributed by atoms with Gasteiger partial charge in [-0.25, -0.2) is 0 Å². The molecule has 0 aliphatic carbocycles. The lowest BCUT2D eigenvalue weighted by atomic mass is 10.0. The van der Waals surface area contributed by atoms with E-state index >= 15 is 0 Å². The van der Waals surface area contributed by atoms with Crippen LogP contribution in [0.1, 0.15) is 24.9 Å². The molecule has 2 aromatic carbocycles. The predicted octanol–water partition coefficient (Wildman–Crippen LogP) is 4.80. The van der Waals surface area contributed by atoms with Gasteiger partial charge in [0.2, 0.25) is 0 Å². The molecule has 0 heterocycles. The first-order valence-corrected chi connectivity index (χ1v) is 6.82. The van der Waals surface area contributed by atoms with Crippen molar-refractivity contribution >= 4 is 11.6 Å². The second kappa shape index (κ2) is 6.60. The highest BCUT2D eigenvalue weighted by Crippen LogP contribution is 2.30. The molecule has 0 aliphatic rings. The maximum absolute atomic E-state index is 6.09. The van der Waals surface area contributed by atoms with Crippen LogP contribution >= 0.6 is 11.6 Å². The smallest absolute Gasteiger partial charge is 0.146 e. The Hall–Kier alpha value is -1.51. The molecular formula is C16H18ClNO. The van der Waals surface area contributed by atoms with Crippen molar-refractivity contribution in [1.29, 1.82) is 0 Å². The number of rotatable bonds is 5. The van der Waals surface area contributed by atoms with E-state index < -0.39 is 0 Å². The second-order valence-corrected chi connectivity index (χ2v) is 4.76. The van der Waals surface area contributed by atoms with Crippen molar-refractivity contribution < 1.29 is 4.74 Å². The monoisotopic (exact) mass is 275 g/mol. The fourth-order valence-corrected chi connectivity index (χ4v) is 2.23. The quantitative estimate of drug-likeness (QED) is 0.846. The lowest BCUT2D eigenvalue weighted by molar-refractivity contribution is 0.479. The van der Waals surface area contributed by atoms with E-state index in [1.807, 2.05) is 49.5 Å². The molecule has 100 valence electrons. The maximum Gasteiger partial charge on any atom is 0.146 e. The van der Waals surface area contributed by atoms with Gasteiger partial charge in [0, 0.05) is 6.04 Å². The summed E-state index contributed by atoms with van der Waals surface area (Å²) in [6.07, 6.45) is 1.03. The minimum absolute atomic E-state index is 0.342. The van der Waals surface area contributed by atoms with Gasteiger partial charge in [-0.1, -0.05) is 42.8 Å². The highest BCUT2D eigenvalue weighted by Gasteiger charge is 2.08. The van der Waals surface area contributed by atoms with Gasteiger partial charge in [-0.15, -0.1) is 0 Å². The fraction of sp³-hybridized carbons (Fsp3) is 0.250. The lowest BCUT2D eigenvalue weighted by Crippen LogP contribution is -2.14. The molecule has 0 spiro atoms. The van der Waals surface area contributed by atoms with E-state index in [0.717, 1.165) is 12.2 Å². The fourth-order valence-electron chi connectivity index (χ4n) is 2.06. The van der Waals surface area contributed by atoms with Gasteiger partial charge in [0.1, 0.15) is 11.5 Å². The summed E-state index contributed by atoms with van der Waals surface area (Å²) in [5, 5.41) is 3.91. The normalized spacial score (nSPS) is 12.2. The third-order valence-electron chi connectivity index (χ3n) is 3.08. The molecule has 0 fully saturated rings. The van der Waals surface area contributed by atoms with Crippen molar-refractivity contribution in [3.63, 3.8) is 0 Å². The third-order valence-corrected chi connectivity index (χ3v) is 3.39. The number of para-hydroxylation sites is 1. The average molecular weight is 276 g/mol. The SMILES string of the molecule is CCC(NC)c1cccc(Oc2ccccc2Cl)c1. The van der Waals surface area contributed by atoms with Crippen LogP contribution in [-0.2, 0) is 0 Å². The van der Waals surface area contributed by atoms with Crippen LogP contribution < -0.4 is 10.1 Å². The van der Waals surface area contributed by atoms with Crippen molar-refractivity contribution in [1.82, 2.24) is 5.32 Å². The van der Waals surface area contributed by atoms with Crippen molar-refractivity contribution in [3.8, 4) is 11.5 Å². The number of ether oxygens (including phenoxy) is 1. The highest BCUT2D eigenvalue weighted by atomic mass is 35.5. The number of benzene rings is 2. The molecule has 2 aromatic rings. The van der Waals surface area contributed by atoms with Crippen LogP contribution in [0.15, 0.2) is 48.5 Å². The van der Waals surface area contributed by atoms with E-state index in [1.165, 1.54) is 5.56 Å². The minimum atomic E-state index is 0.342.